The van der Waals surface area contributed by atoms with Crippen LogP contribution in [0.25, 0.3) is 16.2 Å². The number of fused-ring (bicyclic) bond motifs is 1. The van der Waals surface area contributed by atoms with Crippen molar-refractivity contribution in [2.45, 2.75) is 13.5 Å². The van der Waals surface area contributed by atoms with Gasteiger partial charge in [-0.05, 0) is 6.07 Å². The van der Waals surface area contributed by atoms with Gasteiger partial charge in [-0.15, -0.1) is 21.5 Å². The Bertz CT molecular complexity index is 1100. The molecule has 26 heavy (non-hydrogen) atoms. The Morgan fingerprint density at radius 3 is 2.88 bits per heavy atom. The molecule has 7 nitrogen and oxygen atoms in total. The minimum absolute atomic E-state index is 0.157. The zero-order valence-corrected chi connectivity index (χ0v) is 15.6. The summed E-state index contributed by atoms with van der Waals surface area (Å²) in [6, 6.07) is 7.49. The molecule has 4 aromatic rings. The lowest BCUT2D eigenvalue weighted by atomic mass is 10.2. The Morgan fingerprint density at radius 1 is 1.35 bits per heavy atom. The van der Waals surface area contributed by atoms with E-state index in [2.05, 4.69) is 15.2 Å². The largest absolute Gasteiger partial charge is 0.424 e. The highest BCUT2D eigenvalue weighted by atomic mass is 35.5. The molecule has 0 saturated heterocycles. The second-order valence-corrected chi connectivity index (χ2v) is 7.00. The summed E-state index contributed by atoms with van der Waals surface area (Å²) in [5, 5.41) is 10.1. The van der Waals surface area contributed by atoms with Gasteiger partial charge in [0.25, 0.3) is 5.91 Å². The molecule has 1 aromatic carbocycles. The van der Waals surface area contributed by atoms with Gasteiger partial charge in [0.1, 0.15) is 5.69 Å². The van der Waals surface area contributed by atoms with Crippen molar-refractivity contribution in [3.8, 4) is 11.3 Å². The molecule has 132 valence electrons. The summed E-state index contributed by atoms with van der Waals surface area (Å²) in [5.74, 6) is 0.709. The molecule has 0 fully saturated rings. The van der Waals surface area contributed by atoms with Crippen molar-refractivity contribution < 1.29 is 9.21 Å². The summed E-state index contributed by atoms with van der Waals surface area (Å²) in [5.41, 5.74) is 2.08. The number of rotatable bonds is 4. The van der Waals surface area contributed by atoms with Gasteiger partial charge in [-0.2, -0.15) is 0 Å². The lowest BCUT2D eigenvalue weighted by Crippen LogP contribution is -2.27. The Kier molecular flexibility index (Phi) is 4.21. The van der Waals surface area contributed by atoms with E-state index in [1.54, 1.807) is 23.8 Å². The molecule has 1 amide bonds. The molecule has 0 radical (unpaired) electrons. The molecule has 0 unspecified atom stereocenters. The average Bonchev–Trinajstić information content (AvgIpc) is 3.30. The van der Waals surface area contributed by atoms with E-state index in [-0.39, 0.29) is 12.5 Å². The van der Waals surface area contributed by atoms with Crippen molar-refractivity contribution in [3.63, 3.8) is 0 Å². The first-order chi connectivity index (χ1) is 12.5. The van der Waals surface area contributed by atoms with Crippen LogP contribution < -0.4 is 0 Å². The van der Waals surface area contributed by atoms with Crippen molar-refractivity contribution in [1.82, 2.24) is 24.5 Å². The quantitative estimate of drug-likeness (QED) is 0.533. The highest BCUT2D eigenvalue weighted by molar-refractivity contribution is 7.15. The number of carbonyl (C=O) groups is 1. The van der Waals surface area contributed by atoms with Gasteiger partial charge in [-0.3, -0.25) is 9.20 Å². The van der Waals surface area contributed by atoms with Crippen molar-refractivity contribution >= 4 is 33.8 Å². The Hall–Kier alpha value is -2.71. The van der Waals surface area contributed by atoms with Crippen LogP contribution in [0.15, 0.2) is 40.3 Å². The molecule has 0 saturated carbocycles. The number of halogens is 1. The number of carbonyl (C=O) groups excluding carboxylic acids is 1. The summed E-state index contributed by atoms with van der Waals surface area (Å²) in [6.07, 6.45) is 1.82. The van der Waals surface area contributed by atoms with E-state index >= 15 is 0 Å². The summed E-state index contributed by atoms with van der Waals surface area (Å²) >= 11 is 7.66. The molecule has 0 aliphatic carbocycles. The van der Waals surface area contributed by atoms with Crippen LogP contribution in [0.2, 0.25) is 5.02 Å². The highest BCUT2D eigenvalue weighted by Crippen LogP contribution is 2.29. The first kappa shape index (κ1) is 16.7. The molecule has 0 atom stereocenters. The number of hydrogen-bond donors (Lipinski definition) is 0. The third kappa shape index (κ3) is 2.97. The zero-order chi connectivity index (χ0) is 18.3. The molecule has 0 N–H and O–H groups in total. The Morgan fingerprint density at radius 2 is 2.15 bits per heavy atom. The predicted molar refractivity (Wildman–Crippen MR) is 98.3 cm³/mol. The van der Waals surface area contributed by atoms with E-state index < -0.39 is 0 Å². The monoisotopic (exact) mass is 387 g/mol. The maximum absolute atomic E-state index is 12.8. The first-order valence-electron chi connectivity index (χ1n) is 7.79. The number of amides is 1. The van der Waals surface area contributed by atoms with E-state index in [4.69, 9.17) is 16.0 Å². The van der Waals surface area contributed by atoms with Crippen LogP contribution in [0.5, 0.6) is 0 Å². The van der Waals surface area contributed by atoms with Gasteiger partial charge < -0.3 is 9.32 Å². The number of benzene rings is 1. The van der Waals surface area contributed by atoms with Gasteiger partial charge in [0, 0.05) is 31.1 Å². The average molecular weight is 388 g/mol. The topological polar surface area (TPSA) is 76.5 Å². The van der Waals surface area contributed by atoms with Crippen LogP contribution in [-0.4, -0.2) is 37.4 Å². The van der Waals surface area contributed by atoms with Gasteiger partial charge in [0.15, 0.2) is 4.96 Å². The van der Waals surface area contributed by atoms with E-state index in [0.29, 0.717) is 22.5 Å². The molecule has 3 heterocycles. The number of aryl methyl sites for hydroxylation is 1. The lowest BCUT2D eigenvalue weighted by Gasteiger charge is -2.13. The van der Waals surface area contributed by atoms with Crippen molar-refractivity contribution in [2.75, 3.05) is 7.05 Å². The minimum Gasteiger partial charge on any atom is -0.424 e. The molecule has 0 aliphatic rings. The van der Waals surface area contributed by atoms with Crippen molar-refractivity contribution in [3.05, 3.63) is 58.3 Å². The van der Waals surface area contributed by atoms with Gasteiger partial charge >= 0.3 is 0 Å². The number of aromatic nitrogens is 4. The molecular formula is C17H14ClN5O2S. The summed E-state index contributed by atoms with van der Waals surface area (Å²) in [4.78, 5) is 19.6. The number of thiazole rings is 1. The summed E-state index contributed by atoms with van der Waals surface area (Å²) < 4.78 is 7.12. The van der Waals surface area contributed by atoms with E-state index in [1.807, 2.05) is 30.5 Å². The van der Waals surface area contributed by atoms with E-state index in [0.717, 1.165) is 16.2 Å². The fourth-order valence-corrected chi connectivity index (χ4v) is 3.69. The number of imidazole rings is 1. The maximum atomic E-state index is 12.8. The molecule has 4 rings (SSSR count). The third-order valence-electron chi connectivity index (χ3n) is 3.87. The van der Waals surface area contributed by atoms with Crippen LogP contribution in [0, 0.1) is 6.92 Å². The van der Waals surface area contributed by atoms with Gasteiger partial charge in [0.05, 0.1) is 17.3 Å². The predicted octanol–water partition coefficient (Wildman–Crippen LogP) is 3.68. The maximum Gasteiger partial charge on any atom is 0.271 e. The van der Waals surface area contributed by atoms with Crippen LogP contribution in [-0.2, 0) is 6.54 Å². The van der Waals surface area contributed by atoms with Gasteiger partial charge in [-0.25, -0.2) is 4.98 Å². The molecule has 0 bridgehead atoms. The summed E-state index contributed by atoms with van der Waals surface area (Å²) in [6.45, 7) is 1.95. The SMILES string of the molecule is Cc1nnc(CN(C)C(=O)c2csc3nc(-c4ccccc4Cl)cn23)o1. The smallest absolute Gasteiger partial charge is 0.271 e. The van der Waals surface area contributed by atoms with Crippen molar-refractivity contribution in [2.24, 2.45) is 0 Å². The van der Waals surface area contributed by atoms with E-state index in [1.165, 1.54) is 16.2 Å². The first-order valence-corrected chi connectivity index (χ1v) is 9.04. The Balaban J connectivity index is 1.64. The van der Waals surface area contributed by atoms with Gasteiger partial charge in [-0.1, -0.05) is 29.8 Å². The normalized spacial score (nSPS) is 11.2. The van der Waals surface area contributed by atoms with Crippen LogP contribution in [0.1, 0.15) is 22.3 Å². The lowest BCUT2D eigenvalue weighted by molar-refractivity contribution is 0.0766. The standard InChI is InChI=1S/C17H14ClN5O2S/c1-10-20-21-15(25-10)8-22(2)16(24)14-9-26-17-19-13(7-23(14)17)11-5-3-4-6-12(11)18/h3-7,9H,8H2,1-2H3. The fraction of sp³-hybridized carbons (Fsp3) is 0.176. The number of hydrogen-bond acceptors (Lipinski definition) is 6. The molecule has 3 aromatic heterocycles. The van der Waals surface area contributed by atoms with Crippen LogP contribution in [0.3, 0.4) is 0 Å². The minimum atomic E-state index is -0.157. The zero-order valence-electron chi connectivity index (χ0n) is 14.0. The van der Waals surface area contributed by atoms with E-state index in [9.17, 15) is 4.79 Å². The van der Waals surface area contributed by atoms with Gasteiger partial charge in [0.2, 0.25) is 11.8 Å². The second-order valence-electron chi connectivity index (χ2n) is 5.76. The second kappa shape index (κ2) is 6.54. The molecule has 9 heteroatoms. The fourth-order valence-electron chi connectivity index (χ4n) is 2.61. The number of nitrogens with zero attached hydrogens (tertiary/aromatic N) is 5. The third-order valence-corrected chi connectivity index (χ3v) is 5.03. The van der Waals surface area contributed by atoms with Crippen LogP contribution in [0.4, 0.5) is 0 Å². The molecular weight excluding hydrogens is 374 g/mol. The highest BCUT2D eigenvalue weighted by Gasteiger charge is 2.20. The molecule has 0 spiro atoms. The Labute approximate surface area is 157 Å². The van der Waals surface area contributed by atoms with Crippen LogP contribution >= 0.6 is 22.9 Å². The molecule has 0 aliphatic heterocycles. The van der Waals surface area contributed by atoms with Crippen molar-refractivity contribution in [1.29, 1.82) is 0 Å². The summed E-state index contributed by atoms with van der Waals surface area (Å²) in [7, 11) is 1.69.